The van der Waals surface area contributed by atoms with Crippen LogP contribution in [0.2, 0.25) is 0 Å². The van der Waals surface area contributed by atoms with E-state index in [1.54, 1.807) is 0 Å². The zero-order valence-electron chi connectivity index (χ0n) is 8.52. The van der Waals surface area contributed by atoms with Gasteiger partial charge in [-0.2, -0.15) is 10.2 Å². The SMILES string of the molecule is CCCCC(CCC(N)C#N)[P+](=O)O. The van der Waals surface area contributed by atoms with Crippen LogP contribution in [0.15, 0.2) is 0 Å². The van der Waals surface area contributed by atoms with Crippen LogP contribution in [0.1, 0.15) is 39.0 Å². The van der Waals surface area contributed by atoms with Crippen LogP contribution in [0.4, 0.5) is 0 Å². The highest BCUT2D eigenvalue weighted by Gasteiger charge is 2.28. The summed E-state index contributed by atoms with van der Waals surface area (Å²) in [5.74, 6) is 0. The summed E-state index contributed by atoms with van der Waals surface area (Å²) in [7, 11) is -2.13. The third-order valence-corrected chi connectivity index (χ3v) is 3.32. The summed E-state index contributed by atoms with van der Waals surface area (Å²) >= 11 is 0. The lowest BCUT2D eigenvalue weighted by Gasteiger charge is -2.05. The molecule has 0 spiro atoms. The smallest absolute Gasteiger partial charge is 0.316 e. The lowest BCUT2D eigenvalue weighted by Crippen LogP contribution is -2.19. The van der Waals surface area contributed by atoms with E-state index in [0.29, 0.717) is 12.8 Å². The standard InChI is InChI=1S/C9H17N2O2P/c1-2-3-4-9(14(12)13)6-5-8(11)7-10/h8-9H,2-6,11H2,1H3/p+1. The molecule has 4 nitrogen and oxygen atoms in total. The first kappa shape index (κ1) is 13.5. The van der Waals surface area contributed by atoms with Crippen molar-refractivity contribution in [2.24, 2.45) is 5.73 Å². The Morgan fingerprint density at radius 1 is 1.50 bits per heavy atom. The molecule has 0 rings (SSSR count). The van der Waals surface area contributed by atoms with Gasteiger partial charge in [0, 0.05) is 0 Å². The molecule has 0 aromatic heterocycles. The van der Waals surface area contributed by atoms with Crippen molar-refractivity contribution in [3.05, 3.63) is 0 Å². The maximum atomic E-state index is 10.9. The fraction of sp³-hybridized carbons (Fsp3) is 0.889. The Kier molecular flexibility index (Phi) is 7.60. The van der Waals surface area contributed by atoms with Crippen molar-refractivity contribution >= 4 is 8.03 Å². The van der Waals surface area contributed by atoms with Crippen LogP contribution < -0.4 is 5.73 Å². The van der Waals surface area contributed by atoms with Gasteiger partial charge >= 0.3 is 8.03 Å². The highest BCUT2D eigenvalue weighted by molar-refractivity contribution is 7.38. The van der Waals surface area contributed by atoms with Gasteiger partial charge in [-0.15, -0.1) is 0 Å². The zero-order valence-corrected chi connectivity index (χ0v) is 9.41. The number of nitrogens with zero attached hydrogens (tertiary/aromatic N) is 1. The fourth-order valence-electron chi connectivity index (χ4n) is 1.24. The van der Waals surface area contributed by atoms with Crippen molar-refractivity contribution in [2.75, 3.05) is 0 Å². The molecule has 0 amide bonds. The molecule has 0 saturated carbocycles. The summed E-state index contributed by atoms with van der Waals surface area (Å²) in [6.45, 7) is 2.04. The van der Waals surface area contributed by atoms with Crippen molar-refractivity contribution in [3.63, 3.8) is 0 Å². The summed E-state index contributed by atoms with van der Waals surface area (Å²) in [4.78, 5) is 9.01. The molecule has 0 aromatic carbocycles. The minimum Gasteiger partial charge on any atom is -0.316 e. The molecule has 0 fully saturated rings. The molecule has 0 saturated heterocycles. The number of rotatable bonds is 7. The van der Waals surface area contributed by atoms with Gasteiger partial charge in [0.2, 0.25) is 0 Å². The molecule has 5 heteroatoms. The molecule has 14 heavy (non-hydrogen) atoms. The normalized spacial score (nSPS) is 15.7. The molecule has 0 radical (unpaired) electrons. The average molecular weight is 217 g/mol. The quantitative estimate of drug-likeness (QED) is 0.637. The van der Waals surface area contributed by atoms with Gasteiger partial charge in [-0.3, -0.25) is 0 Å². The average Bonchev–Trinajstić information content (AvgIpc) is 2.16. The predicted molar refractivity (Wildman–Crippen MR) is 56.0 cm³/mol. The van der Waals surface area contributed by atoms with Gasteiger partial charge in [-0.1, -0.05) is 13.3 Å². The number of nitrogens with two attached hydrogens (primary N) is 1. The summed E-state index contributed by atoms with van der Waals surface area (Å²) in [6, 6.07) is 1.41. The molecule has 3 atom stereocenters. The van der Waals surface area contributed by atoms with E-state index in [4.69, 9.17) is 15.9 Å². The van der Waals surface area contributed by atoms with Crippen LogP contribution in [0.3, 0.4) is 0 Å². The molecule has 80 valence electrons. The van der Waals surface area contributed by atoms with Crippen LogP contribution >= 0.6 is 8.03 Å². The van der Waals surface area contributed by atoms with Crippen molar-refractivity contribution in [2.45, 2.75) is 50.7 Å². The van der Waals surface area contributed by atoms with Crippen LogP contribution in [0.25, 0.3) is 0 Å². The summed E-state index contributed by atoms with van der Waals surface area (Å²) in [5.41, 5.74) is 5.22. The highest BCUT2D eigenvalue weighted by Crippen LogP contribution is 2.30. The monoisotopic (exact) mass is 217 g/mol. The second kappa shape index (κ2) is 7.87. The predicted octanol–water partition coefficient (Wildman–Crippen LogP) is 1.91. The second-order valence-electron chi connectivity index (χ2n) is 3.41. The Morgan fingerprint density at radius 3 is 2.57 bits per heavy atom. The van der Waals surface area contributed by atoms with Gasteiger partial charge in [0.25, 0.3) is 0 Å². The Morgan fingerprint density at radius 2 is 2.14 bits per heavy atom. The number of hydrogen-bond acceptors (Lipinski definition) is 3. The highest BCUT2D eigenvalue weighted by atomic mass is 31.1. The summed E-state index contributed by atoms with van der Waals surface area (Å²) < 4.78 is 10.9. The van der Waals surface area contributed by atoms with E-state index < -0.39 is 14.1 Å². The molecule has 0 aliphatic rings. The molecule has 0 aliphatic heterocycles. The van der Waals surface area contributed by atoms with E-state index in [2.05, 4.69) is 0 Å². The minimum atomic E-state index is -2.13. The van der Waals surface area contributed by atoms with Gasteiger partial charge in [0.1, 0.15) is 0 Å². The lowest BCUT2D eigenvalue weighted by molar-refractivity contribution is 0.468. The van der Waals surface area contributed by atoms with Crippen molar-refractivity contribution in [1.29, 1.82) is 5.26 Å². The molecule has 0 aliphatic carbocycles. The van der Waals surface area contributed by atoms with E-state index in [0.717, 1.165) is 19.3 Å². The Bertz CT molecular complexity index is 215. The fourth-order valence-corrected chi connectivity index (χ4v) is 2.01. The third-order valence-electron chi connectivity index (χ3n) is 2.18. The van der Waals surface area contributed by atoms with E-state index in [-0.39, 0.29) is 5.66 Å². The third kappa shape index (κ3) is 6.04. The van der Waals surface area contributed by atoms with Crippen LogP contribution in [-0.4, -0.2) is 16.6 Å². The van der Waals surface area contributed by atoms with Crippen LogP contribution in [0.5, 0.6) is 0 Å². The van der Waals surface area contributed by atoms with Crippen molar-refractivity contribution in [3.8, 4) is 6.07 Å². The Labute approximate surface area is 86.0 Å². The molecule has 3 unspecified atom stereocenters. The topological polar surface area (TPSA) is 87.1 Å². The second-order valence-corrected chi connectivity index (χ2v) is 4.75. The molecular weight excluding hydrogens is 199 g/mol. The lowest BCUT2D eigenvalue weighted by atomic mass is 10.1. The van der Waals surface area contributed by atoms with E-state index in [9.17, 15) is 4.57 Å². The van der Waals surface area contributed by atoms with Crippen LogP contribution in [0, 0.1) is 11.3 Å². The minimum absolute atomic E-state index is 0.190. The number of nitriles is 1. The molecule has 0 heterocycles. The Balaban J connectivity index is 3.86. The van der Waals surface area contributed by atoms with Crippen molar-refractivity contribution < 1.29 is 9.46 Å². The van der Waals surface area contributed by atoms with Crippen LogP contribution in [-0.2, 0) is 4.57 Å². The largest absolute Gasteiger partial charge is 0.508 e. The summed E-state index contributed by atoms with van der Waals surface area (Å²) in [6.07, 6.45) is 3.80. The van der Waals surface area contributed by atoms with Gasteiger partial charge in [-0.05, 0) is 30.2 Å². The van der Waals surface area contributed by atoms with Gasteiger partial charge in [-0.25, -0.2) is 0 Å². The molecule has 0 aromatic rings. The zero-order chi connectivity index (χ0) is 11.0. The van der Waals surface area contributed by atoms with E-state index in [1.165, 1.54) is 0 Å². The maximum Gasteiger partial charge on any atom is 0.508 e. The molecule has 0 bridgehead atoms. The Hall–Kier alpha value is -0.490. The first-order chi connectivity index (χ1) is 6.61. The van der Waals surface area contributed by atoms with E-state index >= 15 is 0 Å². The number of unbranched alkanes of at least 4 members (excludes halogenated alkanes) is 1. The summed E-state index contributed by atoms with van der Waals surface area (Å²) in [5, 5.41) is 8.45. The van der Waals surface area contributed by atoms with Crippen molar-refractivity contribution in [1.82, 2.24) is 0 Å². The van der Waals surface area contributed by atoms with Gasteiger partial charge < -0.3 is 5.73 Å². The first-order valence-corrected chi connectivity index (χ1v) is 6.20. The molecule has 3 N–H and O–H groups in total. The first-order valence-electron chi connectivity index (χ1n) is 4.92. The number of hydrogen-bond donors (Lipinski definition) is 2. The van der Waals surface area contributed by atoms with E-state index in [1.807, 2.05) is 13.0 Å². The van der Waals surface area contributed by atoms with Gasteiger partial charge in [0.15, 0.2) is 5.66 Å². The maximum absolute atomic E-state index is 10.9. The van der Waals surface area contributed by atoms with Gasteiger partial charge in [0.05, 0.1) is 12.1 Å². The molecular formula is C9H18N2O2P+.